The van der Waals surface area contributed by atoms with Crippen molar-refractivity contribution in [1.29, 1.82) is 0 Å². The van der Waals surface area contributed by atoms with Gasteiger partial charge in [-0.3, -0.25) is 9.69 Å². The van der Waals surface area contributed by atoms with Crippen molar-refractivity contribution in [3.8, 4) is 0 Å². The van der Waals surface area contributed by atoms with Crippen molar-refractivity contribution in [3.63, 3.8) is 0 Å². The number of hydrogen-bond acceptors (Lipinski definition) is 2. The van der Waals surface area contributed by atoms with Gasteiger partial charge >= 0.3 is 0 Å². The lowest BCUT2D eigenvalue weighted by atomic mass is 9.88. The first-order chi connectivity index (χ1) is 7.07. The van der Waals surface area contributed by atoms with Crippen LogP contribution < -0.4 is 5.32 Å². The number of hydrogen-bond donors (Lipinski definition) is 1. The zero-order valence-corrected chi connectivity index (χ0v) is 10.0. The van der Waals surface area contributed by atoms with E-state index < -0.39 is 0 Å². The zero-order chi connectivity index (χ0) is 11.1. The highest BCUT2D eigenvalue weighted by molar-refractivity contribution is 5.85. The second-order valence-electron chi connectivity index (χ2n) is 5.38. The fraction of sp³-hybridized carbons (Fsp3) is 0.917. The monoisotopic (exact) mass is 210 g/mol. The Morgan fingerprint density at radius 1 is 1.33 bits per heavy atom. The van der Waals surface area contributed by atoms with Gasteiger partial charge in [-0.25, -0.2) is 0 Å². The molecule has 0 aromatic heterocycles. The molecule has 1 unspecified atom stereocenters. The normalized spacial score (nSPS) is 31.2. The average molecular weight is 210 g/mol. The Kier molecular flexibility index (Phi) is 2.75. The lowest BCUT2D eigenvalue weighted by molar-refractivity contribution is -0.122. The van der Waals surface area contributed by atoms with Crippen LogP contribution in [0.3, 0.4) is 0 Å². The average Bonchev–Trinajstić information content (AvgIpc) is 2.40. The van der Waals surface area contributed by atoms with Gasteiger partial charge in [0.15, 0.2) is 0 Å². The summed E-state index contributed by atoms with van der Waals surface area (Å²) in [5, 5.41) is 3.24. The van der Waals surface area contributed by atoms with E-state index in [-0.39, 0.29) is 17.6 Å². The fourth-order valence-electron chi connectivity index (χ4n) is 3.20. The van der Waals surface area contributed by atoms with Gasteiger partial charge in [0.2, 0.25) is 5.91 Å². The van der Waals surface area contributed by atoms with Gasteiger partial charge < -0.3 is 5.32 Å². The van der Waals surface area contributed by atoms with Crippen molar-refractivity contribution < 1.29 is 4.79 Å². The van der Waals surface area contributed by atoms with Crippen LogP contribution in [0.2, 0.25) is 0 Å². The summed E-state index contributed by atoms with van der Waals surface area (Å²) in [6.45, 7) is 4.26. The van der Waals surface area contributed by atoms with Crippen LogP contribution in [0.5, 0.6) is 0 Å². The highest BCUT2D eigenvalue weighted by Crippen LogP contribution is 2.37. The van der Waals surface area contributed by atoms with Crippen LogP contribution in [-0.4, -0.2) is 29.6 Å². The number of likely N-dealkylation sites (N-methyl/N-ethyl adjacent to an activating group) is 1. The molecule has 0 bridgehead atoms. The van der Waals surface area contributed by atoms with Gasteiger partial charge in [-0.15, -0.1) is 0 Å². The Balaban J connectivity index is 2.19. The molecule has 1 spiro atoms. The maximum Gasteiger partial charge on any atom is 0.239 e. The molecule has 2 rings (SSSR count). The summed E-state index contributed by atoms with van der Waals surface area (Å²) in [6, 6.07) is 0.0723. The molecule has 1 N–H and O–H groups in total. The Hall–Kier alpha value is -0.570. The maximum absolute atomic E-state index is 11.9. The van der Waals surface area contributed by atoms with E-state index in [4.69, 9.17) is 0 Å². The molecule has 1 aliphatic carbocycles. The van der Waals surface area contributed by atoms with Crippen LogP contribution >= 0.6 is 0 Å². The van der Waals surface area contributed by atoms with E-state index in [2.05, 4.69) is 31.1 Å². The molecule has 15 heavy (non-hydrogen) atoms. The topological polar surface area (TPSA) is 32.3 Å². The van der Waals surface area contributed by atoms with Gasteiger partial charge in [0, 0.05) is 0 Å². The second kappa shape index (κ2) is 3.78. The van der Waals surface area contributed by atoms with E-state index >= 15 is 0 Å². The SMILES string of the molecule is CC(C)C1C(=O)NC2(CCCCC2)N1C. The van der Waals surface area contributed by atoms with Crippen LogP contribution in [0.4, 0.5) is 0 Å². The molecule has 0 aromatic rings. The predicted octanol–water partition coefficient (Wildman–Crippen LogP) is 1.73. The Bertz CT molecular complexity index is 256. The molecule has 1 atom stereocenters. The number of amides is 1. The van der Waals surface area contributed by atoms with Crippen molar-refractivity contribution in [1.82, 2.24) is 10.2 Å². The standard InChI is InChI=1S/C12H22N2O/c1-9(2)10-11(15)13-12(14(10)3)7-5-4-6-8-12/h9-10H,4-8H2,1-3H3,(H,13,15). The van der Waals surface area contributed by atoms with Gasteiger partial charge in [0.05, 0.1) is 11.7 Å². The summed E-state index contributed by atoms with van der Waals surface area (Å²) in [4.78, 5) is 14.2. The van der Waals surface area contributed by atoms with Crippen LogP contribution in [0.25, 0.3) is 0 Å². The largest absolute Gasteiger partial charge is 0.336 e. The molecule has 86 valence electrons. The van der Waals surface area contributed by atoms with Crippen molar-refractivity contribution in [2.75, 3.05) is 7.05 Å². The summed E-state index contributed by atoms with van der Waals surface area (Å²) in [5.41, 5.74) is -0.00965. The first-order valence-corrected chi connectivity index (χ1v) is 6.12. The number of carbonyl (C=O) groups is 1. The fourth-order valence-corrected chi connectivity index (χ4v) is 3.20. The third kappa shape index (κ3) is 1.67. The van der Waals surface area contributed by atoms with Gasteiger partial charge in [-0.1, -0.05) is 20.3 Å². The van der Waals surface area contributed by atoms with Crippen molar-refractivity contribution in [3.05, 3.63) is 0 Å². The van der Waals surface area contributed by atoms with E-state index in [9.17, 15) is 4.79 Å². The van der Waals surface area contributed by atoms with Crippen LogP contribution in [0.15, 0.2) is 0 Å². The third-order valence-corrected chi connectivity index (χ3v) is 4.03. The first kappa shape index (κ1) is 10.9. The molecule has 0 radical (unpaired) electrons. The minimum Gasteiger partial charge on any atom is -0.336 e. The van der Waals surface area contributed by atoms with Gasteiger partial charge in [0.25, 0.3) is 0 Å². The number of nitrogens with zero attached hydrogens (tertiary/aromatic N) is 1. The number of nitrogens with one attached hydrogen (secondary N) is 1. The highest BCUT2D eigenvalue weighted by atomic mass is 16.2. The molecule has 2 fully saturated rings. The first-order valence-electron chi connectivity index (χ1n) is 6.12. The van der Waals surface area contributed by atoms with Crippen LogP contribution in [0, 0.1) is 5.92 Å². The quantitative estimate of drug-likeness (QED) is 0.715. The van der Waals surface area contributed by atoms with Gasteiger partial charge in [-0.2, -0.15) is 0 Å². The summed E-state index contributed by atoms with van der Waals surface area (Å²) in [6.07, 6.45) is 6.06. The van der Waals surface area contributed by atoms with E-state index in [0.717, 1.165) is 12.8 Å². The second-order valence-corrected chi connectivity index (χ2v) is 5.38. The van der Waals surface area contributed by atoms with E-state index in [1.54, 1.807) is 0 Å². The Morgan fingerprint density at radius 2 is 1.93 bits per heavy atom. The molecule has 3 nitrogen and oxygen atoms in total. The van der Waals surface area contributed by atoms with Gasteiger partial charge in [0.1, 0.15) is 0 Å². The summed E-state index contributed by atoms with van der Waals surface area (Å²) < 4.78 is 0. The van der Waals surface area contributed by atoms with E-state index in [0.29, 0.717) is 5.92 Å². The van der Waals surface area contributed by atoms with Crippen molar-refractivity contribution in [2.24, 2.45) is 5.92 Å². The summed E-state index contributed by atoms with van der Waals surface area (Å²) >= 11 is 0. The zero-order valence-electron chi connectivity index (χ0n) is 10.0. The molecular weight excluding hydrogens is 188 g/mol. The molecule has 2 aliphatic rings. The summed E-state index contributed by atoms with van der Waals surface area (Å²) in [7, 11) is 2.11. The minimum atomic E-state index is -0.00965. The van der Waals surface area contributed by atoms with Crippen molar-refractivity contribution >= 4 is 5.91 Å². The van der Waals surface area contributed by atoms with Gasteiger partial charge in [-0.05, 0) is 38.6 Å². The van der Waals surface area contributed by atoms with E-state index in [1.165, 1.54) is 19.3 Å². The molecule has 0 aromatic carbocycles. The lowest BCUT2D eigenvalue weighted by Gasteiger charge is -2.40. The van der Waals surface area contributed by atoms with E-state index in [1.807, 2.05) is 0 Å². The van der Waals surface area contributed by atoms with Crippen LogP contribution in [-0.2, 0) is 4.79 Å². The third-order valence-electron chi connectivity index (χ3n) is 4.03. The maximum atomic E-state index is 11.9. The summed E-state index contributed by atoms with van der Waals surface area (Å²) in [5.74, 6) is 0.630. The molecule has 1 saturated heterocycles. The Labute approximate surface area is 92.2 Å². The van der Waals surface area contributed by atoms with Crippen molar-refractivity contribution in [2.45, 2.75) is 57.7 Å². The molecule has 1 aliphatic heterocycles. The minimum absolute atomic E-state index is 0.00965. The molecule has 1 saturated carbocycles. The molecule has 1 heterocycles. The number of carbonyl (C=O) groups excluding carboxylic acids is 1. The smallest absolute Gasteiger partial charge is 0.239 e. The van der Waals surface area contributed by atoms with Crippen LogP contribution in [0.1, 0.15) is 46.0 Å². The molecule has 3 heteroatoms. The predicted molar refractivity (Wildman–Crippen MR) is 60.3 cm³/mol. The lowest BCUT2D eigenvalue weighted by Crippen LogP contribution is -2.52. The highest BCUT2D eigenvalue weighted by Gasteiger charge is 2.49. The molecule has 1 amide bonds. The number of rotatable bonds is 1. The Morgan fingerprint density at radius 3 is 2.40 bits per heavy atom. The molecular formula is C12H22N2O.